The number of aromatic carboxylic acids is 1. The lowest BCUT2D eigenvalue weighted by molar-refractivity contribution is 0.0696. The molecule has 19 heavy (non-hydrogen) atoms. The summed E-state index contributed by atoms with van der Waals surface area (Å²) < 4.78 is 18.7. The molecule has 0 saturated heterocycles. The maximum Gasteiger partial charge on any atom is 0.335 e. The number of benzene rings is 2. The Morgan fingerprint density at radius 2 is 1.89 bits per heavy atom. The monoisotopic (exact) mass is 260 g/mol. The number of carboxylic acids is 1. The van der Waals surface area contributed by atoms with Gasteiger partial charge in [0.15, 0.2) is 0 Å². The zero-order valence-corrected chi connectivity index (χ0v) is 10.4. The fraction of sp³-hybridized carbons (Fsp3) is 0.133. The highest BCUT2D eigenvalue weighted by molar-refractivity contribution is 5.87. The van der Waals surface area contributed by atoms with E-state index in [9.17, 15) is 9.18 Å². The minimum atomic E-state index is -1.16. The van der Waals surface area contributed by atoms with Gasteiger partial charge >= 0.3 is 5.97 Å². The summed E-state index contributed by atoms with van der Waals surface area (Å²) in [5, 5.41) is 8.84. The molecule has 0 aliphatic heterocycles. The van der Waals surface area contributed by atoms with E-state index in [1.807, 2.05) is 31.2 Å². The molecular formula is C15H13FO3. The first-order chi connectivity index (χ1) is 9.04. The van der Waals surface area contributed by atoms with Crippen molar-refractivity contribution in [1.29, 1.82) is 0 Å². The minimum absolute atomic E-state index is 0.0810. The van der Waals surface area contributed by atoms with Crippen LogP contribution in [0.2, 0.25) is 0 Å². The van der Waals surface area contributed by atoms with E-state index in [-0.39, 0.29) is 12.2 Å². The molecule has 2 aromatic carbocycles. The van der Waals surface area contributed by atoms with Crippen LogP contribution in [0.5, 0.6) is 5.75 Å². The van der Waals surface area contributed by atoms with Crippen LogP contribution in [0.3, 0.4) is 0 Å². The molecule has 0 amide bonds. The van der Waals surface area contributed by atoms with E-state index in [1.165, 1.54) is 12.1 Å². The van der Waals surface area contributed by atoms with E-state index < -0.39 is 11.8 Å². The topological polar surface area (TPSA) is 46.5 Å². The Morgan fingerprint density at radius 3 is 2.53 bits per heavy atom. The Kier molecular flexibility index (Phi) is 3.80. The Balaban J connectivity index is 2.11. The van der Waals surface area contributed by atoms with Crippen LogP contribution in [0.15, 0.2) is 42.5 Å². The number of aryl methyl sites for hydroxylation is 1. The van der Waals surface area contributed by atoms with Crippen molar-refractivity contribution in [3.8, 4) is 5.75 Å². The van der Waals surface area contributed by atoms with Gasteiger partial charge in [-0.1, -0.05) is 17.7 Å². The number of carbonyl (C=O) groups is 1. The van der Waals surface area contributed by atoms with Gasteiger partial charge in [-0.05, 0) is 42.8 Å². The van der Waals surface area contributed by atoms with Gasteiger partial charge in [0, 0.05) is 0 Å². The minimum Gasteiger partial charge on any atom is -0.489 e. The summed E-state index contributed by atoms with van der Waals surface area (Å²) in [5.74, 6) is -1.08. The molecule has 0 spiro atoms. The first-order valence-corrected chi connectivity index (χ1v) is 5.77. The van der Waals surface area contributed by atoms with Gasteiger partial charge in [0.1, 0.15) is 18.2 Å². The number of ether oxygens (including phenoxy) is 1. The molecule has 3 nitrogen and oxygen atoms in total. The standard InChI is InChI=1S/C15H13FO3/c1-10-2-4-14(5-3-10)19-9-11-6-12(15(17)18)8-13(16)7-11/h2-8H,9H2,1H3,(H,17,18). The van der Waals surface area contributed by atoms with Crippen LogP contribution in [-0.2, 0) is 6.61 Å². The summed E-state index contributed by atoms with van der Waals surface area (Å²) >= 11 is 0. The molecule has 0 fully saturated rings. The molecule has 0 atom stereocenters. The molecule has 0 aliphatic carbocycles. The molecule has 1 N–H and O–H groups in total. The molecule has 2 aromatic rings. The van der Waals surface area contributed by atoms with Gasteiger partial charge < -0.3 is 9.84 Å². The second-order valence-electron chi connectivity index (χ2n) is 4.26. The van der Waals surface area contributed by atoms with Crippen LogP contribution in [0.25, 0.3) is 0 Å². The molecule has 0 radical (unpaired) electrons. The SMILES string of the molecule is Cc1ccc(OCc2cc(F)cc(C(=O)O)c2)cc1. The van der Waals surface area contributed by atoms with E-state index in [0.29, 0.717) is 11.3 Å². The van der Waals surface area contributed by atoms with Crippen molar-refractivity contribution in [3.63, 3.8) is 0 Å². The van der Waals surface area contributed by atoms with Crippen molar-refractivity contribution in [2.24, 2.45) is 0 Å². The maximum atomic E-state index is 13.2. The third-order valence-corrected chi connectivity index (χ3v) is 2.63. The van der Waals surface area contributed by atoms with Gasteiger partial charge in [-0.25, -0.2) is 9.18 Å². The van der Waals surface area contributed by atoms with Gasteiger partial charge in [0.2, 0.25) is 0 Å². The highest BCUT2D eigenvalue weighted by Gasteiger charge is 2.07. The predicted octanol–water partition coefficient (Wildman–Crippen LogP) is 3.41. The molecule has 0 bridgehead atoms. The summed E-state index contributed by atoms with van der Waals surface area (Å²) in [6.07, 6.45) is 0. The number of rotatable bonds is 4. The summed E-state index contributed by atoms with van der Waals surface area (Å²) in [7, 11) is 0. The average molecular weight is 260 g/mol. The molecule has 4 heteroatoms. The molecule has 0 aliphatic rings. The second-order valence-corrected chi connectivity index (χ2v) is 4.26. The molecule has 2 rings (SSSR count). The Bertz CT molecular complexity index is 591. The highest BCUT2D eigenvalue weighted by atomic mass is 19.1. The van der Waals surface area contributed by atoms with Crippen molar-refractivity contribution in [3.05, 3.63) is 65.0 Å². The largest absolute Gasteiger partial charge is 0.489 e. The van der Waals surface area contributed by atoms with E-state index in [4.69, 9.17) is 9.84 Å². The first kappa shape index (κ1) is 13.1. The van der Waals surface area contributed by atoms with Gasteiger partial charge in [-0.3, -0.25) is 0 Å². The average Bonchev–Trinajstić information content (AvgIpc) is 2.37. The van der Waals surface area contributed by atoms with E-state index in [1.54, 1.807) is 0 Å². The lowest BCUT2D eigenvalue weighted by Gasteiger charge is -2.07. The molecule has 0 aromatic heterocycles. The summed E-state index contributed by atoms with van der Waals surface area (Å²) in [5.41, 5.74) is 1.52. The predicted molar refractivity (Wildman–Crippen MR) is 68.9 cm³/mol. The third-order valence-electron chi connectivity index (χ3n) is 2.63. The Morgan fingerprint density at radius 1 is 1.21 bits per heavy atom. The van der Waals surface area contributed by atoms with Crippen LogP contribution in [0.4, 0.5) is 4.39 Å². The number of halogens is 1. The zero-order valence-electron chi connectivity index (χ0n) is 10.4. The lowest BCUT2D eigenvalue weighted by Crippen LogP contribution is -2.02. The van der Waals surface area contributed by atoms with Crippen molar-refractivity contribution in [2.75, 3.05) is 0 Å². The Labute approximate surface area is 110 Å². The Hall–Kier alpha value is -2.36. The number of hydrogen-bond donors (Lipinski definition) is 1. The van der Waals surface area contributed by atoms with Crippen molar-refractivity contribution in [1.82, 2.24) is 0 Å². The second kappa shape index (κ2) is 5.52. The van der Waals surface area contributed by atoms with Gasteiger partial charge in [0.05, 0.1) is 5.56 Å². The van der Waals surface area contributed by atoms with Crippen LogP contribution in [-0.4, -0.2) is 11.1 Å². The van der Waals surface area contributed by atoms with E-state index in [2.05, 4.69) is 0 Å². The van der Waals surface area contributed by atoms with E-state index >= 15 is 0 Å². The van der Waals surface area contributed by atoms with Gasteiger partial charge in [-0.15, -0.1) is 0 Å². The summed E-state index contributed by atoms with van der Waals surface area (Å²) in [6, 6.07) is 11.1. The van der Waals surface area contributed by atoms with Gasteiger partial charge in [0.25, 0.3) is 0 Å². The van der Waals surface area contributed by atoms with Crippen molar-refractivity contribution < 1.29 is 19.0 Å². The van der Waals surface area contributed by atoms with Crippen LogP contribution >= 0.6 is 0 Å². The van der Waals surface area contributed by atoms with Crippen LogP contribution < -0.4 is 4.74 Å². The highest BCUT2D eigenvalue weighted by Crippen LogP contribution is 2.15. The molecule has 0 heterocycles. The normalized spacial score (nSPS) is 10.2. The van der Waals surface area contributed by atoms with Crippen LogP contribution in [0, 0.1) is 12.7 Å². The molecular weight excluding hydrogens is 247 g/mol. The maximum absolute atomic E-state index is 13.2. The van der Waals surface area contributed by atoms with Gasteiger partial charge in [-0.2, -0.15) is 0 Å². The smallest absolute Gasteiger partial charge is 0.335 e. The van der Waals surface area contributed by atoms with E-state index in [0.717, 1.165) is 11.6 Å². The molecule has 0 saturated carbocycles. The number of carboxylic acid groups (broad SMARTS) is 1. The fourth-order valence-corrected chi connectivity index (χ4v) is 1.66. The number of hydrogen-bond acceptors (Lipinski definition) is 2. The summed E-state index contributed by atoms with van der Waals surface area (Å²) in [4.78, 5) is 10.8. The van der Waals surface area contributed by atoms with Crippen molar-refractivity contribution in [2.45, 2.75) is 13.5 Å². The fourth-order valence-electron chi connectivity index (χ4n) is 1.66. The third kappa shape index (κ3) is 3.55. The summed E-state index contributed by atoms with van der Waals surface area (Å²) in [6.45, 7) is 2.09. The molecule has 98 valence electrons. The van der Waals surface area contributed by atoms with Crippen LogP contribution in [0.1, 0.15) is 21.5 Å². The quantitative estimate of drug-likeness (QED) is 0.916. The van der Waals surface area contributed by atoms with Crippen molar-refractivity contribution >= 4 is 5.97 Å². The first-order valence-electron chi connectivity index (χ1n) is 5.77. The molecule has 0 unspecified atom stereocenters. The lowest BCUT2D eigenvalue weighted by atomic mass is 10.1. The zero-order chi connectivity index (χ0) is 13.8.